The van der Waals surface area contributed by atoms with E-state index in [1.165, 1.54) is 48.5 Å². The zero-order valence-electron chi connectivity index (χ0n) is 19.6. The molecular formula is C23H20F6I2O6S2. The third-order valence-corrected chi connectivity index (χ3v) is 16.3. The van der Waals surface area contributed by atoms with Crippen LogP contribution in [-0.2, 0) is 25.3 Å². The second-order valence-corrected chi connectivity index (χ2v) is 18.7. The number of rotatable bonds is 10. The Hall–Kier alpha value is -1.58. The summed E-state index contributed by atoms with van der Waals surface area (Å²) in [4.78, 5) is 0. The van der Waals surface area contributed by atoms with Gasteiger partial charge in [0.05, 0.1) is 0 Å². The Morgan fingerprint density at radius 1 is 0.590 bits per heavy atom. The van der Waals surface area contributed by atoms with Crippen LogP contribution in [0.5, 0.6) is 0 Å². The molecule has 6 nitrogen and oxygen atoms in total. The summed E-state index contributed by atoms with van der Waals surface area (Å²) in [5, 5.41) is 0. The van der Waals surface area contributed by atoms with Crippen LogP contribution in [0.25, 0.3) is 0 Å². The Labute approximate surface area is 238 Å². The van der Waals surface area contributed by atoms with Crippen LogP contribution in [0.1, 0.15) is 32.1 Å². The van der Waals surface area contributed by atoms with Gasteiger partial charge < -0.3 is 0 Å². The molecule has 0 fully saturated rings. The van der Waals surface area contributed by atoms with Crippen molar-refractivity contribution in [1.82, 2.24) is 0 Å². The first-order valence-corrected chi connectivity index (χ1v) is 19.5. The number of hydrogen-bond acceptors (Lipinski definition) is 6. The molecule has 2 aromatic carbocycles. The van der Waals surface area contributed by atoms with E-state index in [4.69, 9.17) is 0 Å². The van der Waals surface area contributed by atoms with E-state index in [-0.39, 0.29) is 20.0 Å². The minimum atomic E-state index is -5.80. The number of halogens is 8. The summed E-state index contributed by atoms with van der Waals surface area (Å²) in [5.41, 5.74) is -11.1. The third kappa shape index (κ3) is 11.1. The Kier molecular flexibility index (Phi) is 12.8. The van der Waals surface area contributed by atoms with E-state index in [2.05, 4.69) is 24.7 Å². The fourth-order valence-electron chi connectivity index (χ4n) is 2.33. The van der Waals surface area contributed by atoms with E-state index in [1.807, 2.05) is 0 Å². The Bertz CT molecular complexity index is 1300. The van der Waals surface area contributed by atoms with E-state index in [0.29, 0.717) is 19.3 Å². The summed E-state index contributed by atoms with van der Waals surface area (Å²) in [5.74, 6) is 5.34. The Balaban J connectivity index is 1.94. The van der Waals surface area contributed by atoms with Crippen molar-refractivity contribution in [2.24, 2.45) is 0 Å². The molecule has 0 bridgehead atoms. The van der Waals surface area contributed by atoms with Gasteiger partial charge in [-0.15, -0.1) is 0 Å². The topological polar surface area (TPSA) is 86.7 Å². The molecule has 39 heavy (non-hydrogen) atoms. The standard InChI is InChI=1S/C23H20F6I2O6S2/c24-22(25,26)38(32,33)36-30(20-14-8-6-9-15-20)18-12-4-2-1-3-5-13-19-31(21-16-10-7-11-17-21)37-39(34,35)23(27,28)29/h6-11,14-17H,1-5H2. The molecular weight excluding hydrogens is 804 g/mol. The van der Waals surface area contributed by atoms with Crippen molar-refractivity contribution < 1.29 is 48.2 Å². The number of unbranched alkanes of at least 4 members (excludes halogenated alkanes) is 4. The van der Waals surface area contributed by atoms with E-state index < -0.39 is 71.7 Å². The van der Waals surface area contributed by atoms with Crippen LogP contribution in [0.3, 0.4) is 0 Å². The molecule has 2 aromatic rings. The zero-order chi connectivity index (χ0) is 29.2. The Morgan fingerprint density at radius 3 is 1.23 bits per heavy atom. The van der Waals surface area contributed by atoms with E-state index in [1.54, 1.807) is 12.1 Å². The summed E-state index contributed by atoms with van der Waals surface area (Å²) in [6.45, 7) is 0. The first kappa shape index (κ1) is 33.6. The van der Waals surface area contributed by atoms with Gasteiger partial charge in [0.15, 0.2) is 0 Å². The molecule has 0 aliphatic carbocycles. The fourth-order valence-corrected chi connectivity index (χ4v) is 12.9. The van der Waals surface area contributed by atoms with Gasteiger partial charge >= 0.3 is 240 Å². The summed E-state index contributed by atoms with van der Waals surface area (Å²) in [6, 6.07) is 15.1. The predicted molar refractivity (Wildman–Crippen MR) is 149 cm³/mol. The third-order valence-electron chi connectivity index (χ3n) is 4.13. The van der Waals surface area contributed by atoms with Crippen molar-refractivity contribution in [2.45, 2.75) is 43.1 Å². The normalized spacial score (nSPS) is 13.0. The molecule has 2 rings (SSSR count). The molecule has 0 unspecified atom stereocenters. The monoisotopic (exact) mass is 824 g/mol. The molecule has 16 heteroatoms. The maximum atomic E-state index is 12.7. The van der Waals surface area contributed by atoms with Gasteiger partial charge in [-0.05, 0) is 0 Å². The van der Waals surface area contributed by atoms with Crippen molar-refractivity contribution in [3.05, 3.63) is 67.8 Å². The van der Waals surface area contributed by atoms with Crippen molar-refractivity contribution in [1.29, 1.82) is 0 Å². The van der Waals surface area contributed by atoms with Gasteiger partial charge in [0, 0.05) is 0 Å². The average molecular weight is 824 g/mol. The first-order chi connectivity index (χ1) is 18.1. The van der Waals surface area contributed by atoms with Crippen molar-refractivity contribution in [3.63, 3.8) is 0 Å². The van der Waals surface area contributed by atoms with Crippen LogP contribution in [0, 0.1) is 26.8 Å². The second kappa shape index (κ2) is 14.9. The summed E-state index contributed by atoms with van der Waals surface area (Å²) in [6.07, 6.45) is 1.99. The first-order valence-electron chi connectivity index (χ1n) is 10.6. The van der Waals surface area contributed by atoms with Crippen LogP contribution >= 0.6 is 40.5 Å². The van der Waals surface area contributed by atoms with Crippen molar-refractivity contribution in [3.8, 4) is 19.7 Å². The summed E-state index contributed by atoms with van der Waals surface area (Å²) < 4.78 is 137. The molecule has 0 radical (unpaired) electrons. The molecule has 0 aliphatic rings. The SMILES string of the molecule is O=S(=O)(OI(C#CCCCCCC#CI(OS(=O)(=O)C(F)(F)F)c1ccccc1)c1ccccc1)C(F)(F)F. The van der Waals surface area contributed by atoms with Gasteiger partial charge in [0.25, 0.3) is 0 Å². The molecule has 0 N–H and O–H groups in total. The molecule has 216 valence electrons. The van der Waals surface area contributed by atoms with E-state index in [9.17, 15) is 43.2 Å². The zero-order valence-corrected chi connectivity index (χ0v) is 25.5. The summed E-state index contributed by atoms with van der Waals surface area (Å²) >= 11 is -6.99. The molecule has 0 amide bonds. The van der Waals surface area contributed by atoms with Crippen molar-refractivity contribution >= 4 is 60.7 Å². The van der Waals surface area contributed by atoms with Crippen LogP contribution in [0.4, 0.5) is 26.3 Å². The molecule has 0 aromatic heterocycles. The predicted octanol–water partition coefficient (Wildman–Crippen LogP) is 7.17. The van der Waals surface area contributed by atoms with Crippen molar-refractivity contribution in [2.75, 3.05) is 0 Å². The Morgan fingerprint density at radius 2 is 0.923 bits per heavy atom. The average Bonchev–Trinajstić information content (AvgIpc) is 2.85. The number of alkyl halides is 6. The van der Waals surface area contributed by atoms with Gasteiger partial charge in [0.1, 0.15) is 0 Å². The second-order valence-electron chi connectivity index (χ2n) is 7.12. The number of benzene rings is 2. The van der Waals surface area contributed by atoms with Gasteiger partial charge in [-0.3, -0.25) is 0 Å². The molecule has 0 heterocycles. The molecule has 0 atom stereocenters. The van der Waals surface area contributed by atoms with Gasteiger partial charge in [-0.1, -0.05) is 0 Å². The van der Waals surface area contributed by atoms with Gasteiger partial charge in [-0.2, -0.15) is 0 Å². The van der Waals surface area contributed by atoms with E-state index in [0.717, 1.165) is 0 Å². The molecule has 0 saturated carbocycles. The van der Waals surface area contributed by atoms with Crippen LogP contribution in [0.2, 0.25) is 0 Å². The maximum absolute atomic E-state index is 12.7. The quantitative estimate of drug-likeness (QED) is 0.0831. The number of hydrogen-bond donors (Lipinski definition) is 0. The summed E-state index contributed by atoms with van der Waals surface area (Å²) in [7, 11) is -11.6. The molecule has 0 saturated heterocycles. The van der Waals surface area contributed by atoms with Crippen LogP contribution in [-0.4, -0.2) is 27.9 Å². The minimum absolute atomic E-state index is 0.235. The van der Waals surface area contributed by atoms with E-state index >= 15 is 0 Å². The molecule has 0 aliphatic heterocycles. The van der Waals surface area contributed by atoms with Gasteiger partial charge in [-0.25, -0.2) is 0 Å². The van der Waals surface area contributed by atoms with Gasteiger partial charge in [0.2, 0.25) is 0 Å². The van der Waals surface area contributed by atoms with Crippen LogP contribution in [0.15, 0.2) is 60.7 Å². The molecule has 0 spiro atoms. The van der Waals surface area contributed by atoms with Crippen LogP contribution < -0.4 is 0 Å². The fraction of sp³-hybridized carbons (Fsp3) is 0.304.